The number of H-pyrrole nitrogens is 1. The van der Waals surface area contributed by atoms with Crippen LogP contribution in [0, 0.1) is 59.2 Å². The molecule has 0 aliphatic rings. The third-order valence-electron chi connectivity index (χ3n) is 20.1. The molecule has 8 amide bonds. The van der Waals surface area contributed by atoms with Gasteiger partial charge in [0.2, 0.25) is 47.3 Å². The number of carbonyl (C=O) groups excluding carboxylic acids is 14. The minimum atomic E-state index is -1.67. The van der Waals surface area contributed by atoms with E-state index in [0.29, 0.717) is 57.1 Å². The number of Topliss-reactive ketones (excluding diaryl/α,β-unsaturated/α-hetero) is 6. The van der Waals surface area contributed by atoms with E-state index in [4.69, 9.17) is 40.1 Å². The summed E-state index contributed by atoms with van der Waals surface area (Å²) in [6, 6.07) is -8.39. The maximum atomic E-state index is 14.7. The predicted molar refractivity (Wildman–Crippen MR) is 419 cm³/mol. The third kappa shape index (κ3) is 40.3. The molecule has 17 atom stereocenters. The summed E-state index contributed by atoms with van der Waals surface area (Å²) < 4.78 is 0. The number of amides is 8. The molecule has 0 bridgehead atoms. The van der Waals surface area contributed by atoms with Gasteiger partial charge in [0, 0.05) is 99.8 Å². The fraction of sp³-hybridized carbons (Fsp3) is 0.779. The van der Waals surface area contributed by atoms with Crippen LogP contribution in [0.25, 0.3) is 0 Å². The zero-order valence-electron chi connectivity index (χ0n) is 67.9. The standard InChI is InChI=1S/C77H139N17O17/c1-13-45(8)54(75(110)92-60(70(82)105)32-43(4)5)38-65(102)68(44(6)7)93-76(111)55(47(10)95)39-66(103)69(48(11)96)94-74(109)50(21-14-17-27-78)35-63(100)58(31-42(2)3)91-71(106)46(9)33-61(98)56(23-15-18-28-79)89-72(107)51(22-20-30-86-77(83)84)34-62(99)57(24-16-19-29-80)90-73(108)52(25-26-67(81)104)36-64(101)59(88-49(12)97)37-53-40-85-41-87-53/h40-48,50-52,54-60,68-70,77,86,95-96,105H,13-39,78-80,82-84H2,1-12H3,(H2,81,104)(H,85,87)(H,88,97)(H,89,107)(H,90,108)(H,91,106)(H,92,110)(H,93,111)(H,94,109)/t45?,46-,47?,48+,50+,51+,52+,54?,55-,56-,57-,58-,59-,60-,68-,69-,70?/m0/s1. The van der Waals surface area contributed by atoms with E-state index in [-0.39, 0.29) is 108 Å². The Morgan fingerprint density at radius 3 is 1.37 bits per heavy atom. The quantitative estimate of drug-likeness (QED) is 0.0299. The van der Waals surface area contributed by atoms with Crippen molar-refractivity contribution < 1.29 is 82.4 Å². The molecular weight excluding hydrogens is 1430 g/mol. The number of aliphatic hydroxyl groups is 3. The van der Waals surface area contributed by atoms with Gasteiger partial charge in [0.05, 0.1) is 60.7 Å². The number of primary amides is 1. The molecule has 634 valence electrons. The zero-order chi connectivity index (χ0) is 84.4. The zero-order valence-corrected chi connectivity index (χ0v) is 67.9. The SMILES string of the molecule is CCC(C)C(CC(=O)[C@@H](NC(=O)[C@@H](CC(=O)[C@@H](NC(=O)[C@H](CCCCN)CC(=O)[C@H](CC(C)C)NC(=O)[C@@H](C)CC(=O)[C@H](CCCCN)NC(=O)[C@H](CCCNC(N)N)CC(=O)[C@H](CCCCN)NC(=O)[C@H](CCC(N)=O)CC(=O)[C@H](Cc1cnc[nH]1)NC(C)=O)[C@@H](C)O)C(C)O)C(C)C)C(=O)N[C@@H](CC(C)C)C(N)O. The smallest absolute Gasteiger partial charge is 0.226 e. The molecule has 4 unspecified atom stereocenters. The van der Waals surface area contributed by atoms with Gasteiger partial charge < -0.3 is 97.7 Å². The minimum Gasteiger partial charge on any atom is -0.393 e. The largest absolute Gasteiger partial charge is 0.393 e. The molecule has 0 spiro atoms. The van der Waals surface area contributed by atoms with Crippen LogP contribution in [0.4, 0.5) is 0 Å². The van der Waals surface area contributed by atoms with Crippen molar-refractivity contribution in [3.63, 3.8) is 0 Å². The number of nitrogens with one attached hydrogen (secondary N) is 9. The second kappa shape index (κ2) is 54.3. The summed E-state index contributed by atoms with van der Waals surface area (Å²) in [5, 5.41) is 54.3. The number of nitrogens with two attached hydrogens (primary N) is 7. The number of hydrogen-bond donors (Lipinski definition) is 19. The number of carbonyl (C=O) groups is 14. The second-order valence-electron chi connectivity index (χ2n) is 31.4. The van der Waals surface area contributed by atoms with Crippen molar-refractivity contribution in [2.45, 2.75) is 298 Å². The summed E-state index contributed by atoms with van der Waals surface area (Å²) in [5.41, 5.74) is 40.9. The molecule has 34 heteroatoms. The number of nitrogens with zero attached hydrogens (tertiary/aromatic N) is 1. The fourth-order valence-electron chi connectivity index (χ4n) is 13.2. The predicted octanol–water partition coefficient (Wildman–Crippen LogP) is -0.106. The van der Waals surface area contributed by atoms with Crippen LogP contribution in [0.2, 0.25) is 0 Å². The Bertz CT molecular complexity index is 3060. The highest BCUT2D eigenvalue weighted by molar-refractivity contribution is 6.00. The topological polar surface area (TPSA) is 607 Å². The minimum absolute atomic E-state index is 0.00941. The molecule has 0 aliphatic heterocycles. The van der Waals surface area contributed by atoms with Crippen LogP contribution in [-0.2, 0) is 73.5 Å². The van der Waals surface area contributed by atoms with Crippen LogP contribution < -0.4 is 82.7 Å². The van der Waals surface area contributed by atoms with Crippen molar-refractivity contribution in [2.24, 2.45) is 99.3 Å². The highest BCUT2D eigenvalue weighted by Gasteiger charge is 2.40. The van der Waals surface area contributed by atoms with Gasteiger partial charge >= 0.3 is 0 Å². The van der Waals surface area contributed by atoms with Crippen LogP contribution in [0.1, 0.15) is 230 Å². The van der Waals surface area contributed by atoms with E-state index in [9.17, 15) is 82.4 Å². The van der Waals surface area contributed by atoms with Crippen LogP contribution in [0.5, 0.6) is 0 Å². The lowest BCUT2D eigenvalue weighted by Crippen LogP contribution is -2.53. The van der Waals surface area contributed by atoms with Crippen LogP contribution in [0.3, 0.4) is 0 Å². The molecule has 0 aromatic carbocycles. The Balaban J connectivity index is 3.60. The van der Waals surface area contributed by atoms with E-state index >= 15 is 0 Å². The molecule has 0 saturated carbocycles. The molecule has 1 heterocycles. The monoisotopic (exact) mass is 1570 g/mol. The van der Waals surface area contributed by atoms with Gasteiger partial charge in [-0.3, -0.25) is 72.4 Å². The number of aromatic amines is 1. The lowest BCUT2D eigenvalue weighted by atomic mass is 9.83. The Kier molecular flexibility index (Phi) is 49.7. The Labute approximate surface area is 655 Å². The molecule has 34 nitrogen and oxygen atoms in total. The van der Waals surface area contributed by atoms with Crippen LogP contribution >= 0.6 is 0 Å². The first-order chi connectivity index (χ1) is 52.1. The maximum absolute atomic E-state index is 14.7. The number of aliphatic hydroxyl groups excluding tert-OH is 3. The van der Waals surface area contributed by atoms with Gasteiger partial charge in [0.15, 0.2) is 34.7 Å². The Morgan fingerprint density at radius 1 is 0.468 bits per heavy atom. The summed E-state index contributed by atoms with van der Waals surface area (Å²) in [4.78, 5) is 203. The molecule has 0 fully saturated rings. The molecular formula is C77H139N17O17. The van der Waals surface area contributed by atoms with Crippen molar-refractivity contribution in [3.8, 4) is 0 Å². The highest BCUT2D eigenvalue weighted by Crippen LogP contribution is 2.27. The first-order valence-electron chi connectivity index (χ1n) is 39.8. The molecule has 26 N–H and O–H groups in total. The number of hydrogen-bond acceptors (Lipinski definition) is 25. The summed E-state index contributed by atoms with van der Waals surface area (Å²) in [7, 11) is 0. The number of imidazole rings is 1. The molecule has 1 aromatic heterocycles. The van der Waals surface area contributed by atoms with E-state index in [2.05, 4.69) is 52.5 Å². The Hall–Kier alpha value is -7.41. The van der Waals surface area contributed by atoms with Crippen molar-refractivity contribution in [1.82, 2.24) is 52.5 Å². The van der Waals surface area contributed by atoms with Gasteiger partial charge in [-0.05, 0) is 147 Å². The highest BCUT2D eigenvalue weighted by atomic mass is 16.3. The summed E-state index contributed by atoms with van der Waals surface area (Å²) in [6.07, 6.45) is -2.00. The summed E-state index contributed by atoms with van der Waals surface area (Å²) in [5.74, 6) is -17.3. The third-order valence-corrected chi connectivity index (χ3v) is 20.1. The molecule has 1 rings (SSSR count). The van der Waals surface area contributed by atoms with Crippen molar-refractivity contribution in [3.05, 3.63) is 18.2 Å². The normalized spacial score (nSPS) is 16.3. The van der Waals surface area contributed by atoms with E-state index in [1.165, 1.54) is 40.2 Å². The van der Waals surface area contributed by atoms with E-state index < -0.39 is 223 Å². The van der Waals surface area contributed by atoms with Gasteiger partial charge in [-0.2, -0.15) is 0 Å². The van der Waals surface area contributed by atoms with Crippen LogP contribution in [-0.4, -0.2) is 200 Å². The maximum Gasteiger partial charge on any atom is 0.226 e. The van der Waals surface area contributed by atoms with Gasteiger partial charge in [-0.25, -0.2) is 4.98 Å². The number of unbranched alkanes of at least 4 members (excludes halogenated alkanes) is 3. The van der Waals surface area contributed by atoms with Gasteiger partial charge in [0.25, 0.3) is 0 Å². The molecule has 1 aromatic rings. The first-order valence-corrected chi connectivity index (χ1v) is 39.8. The first kappa shape index (κ1) is 102. The molecule has 0 radical (unpaired) electrons. The fourth-order valence-corrected chi connectivity index (χ4v) is 13.2. The molecule has 0 aliphatic carbocycles. The molecule has 111 heavy (non-hydrogen) atoms. The summed E-state index contributed by atoms with van der Waals surface area (Å²) >= 11 is 0. The average Bonchev–Trinajstić information content (AvgIpc) is 1.19. The van der Waals surface area contributed by atoms with Gasteiger partial charge in [-0.15, -0.1) is 0 Å². The second-order valence-corrected chi connectivity index (χ2v) is 31.4. The van der Waals surface area contributed by atoms with Gasteiger partial charge in [-0.1, -0.05) is 75.2 Å². The van der Waals surface area contributed by atoms with E-state index in [1.54, 1.807) is 34.6 Å². The lowest BCUT2D eigenvalue weighted by Gasteiger charge is -2.30. The van der Waals surface area contributed by atoms with Crippen LogP contribution in [0.15, 0.2) is 12.5 Å². The van der Waals surface area contributed by atoms with E-state index in [1.807, 2.05) is 20.8 Å². The van der Waals surface area contributed by atoms with Crippen molar-refractivity contribution in [2.75, 3.05) is 26.2 Å². The Morgan fingerprint density at radius 2 is 0.919 bits per heavy atom. The van der Waals surface area contributed by atoms with E-state index in [0.717, 1.165) is 0 Å². The average molecular weight is 1580 g/mol. The van der Waals surface area contributed by atoms with Gasteiger partial charge in [0.1, 0.15) is 18.6 Å². The number of rotatable bonds is 63. The number of aromatic nitrogens is 2. The summed E-state index contributed by atoms with van der Waals surface area (Å²) in [6.45, 7) is 20.5. The number of ketones is 6. The van der Waals surface area contributed by atoms with Crippen molar-refractivity contribution in [1.29, 1.82) is 0 Å². The lowest BCUT2D eigenvalue weighted by molar-refractivity contribution is -0.139. The van der Waals surface area contributed by atoms with Crippen molar-refractivity contribution >= 4 is 82.0 Å². The molecule has 0 saturated heterocycles.